The molecule has 2 rings (SSSR count). The molecule has 0 saturated heterocycles. The first-order valence-corrected chi connectivity index (χ1v) is 7.74. The van der Waals surface area contributed by atoms with E-state index in [2.05, 4.69) is 24.1 Å². The van der Waals surface area contributed by atoms with Crippen LogP contribution in [-0.4, -0.2) is 37.0 Å². The van der Waals surface area contributed by atoms with Crippen molar-refractivity contribution in [2.45, 2.75) is 46.0 Å². The van der Waals surface area contributed by atoms with Crippen LogP contribution < -0.4 is 5.32 Å². The van der Waals surface area contributed by atoms with Crippen molar-refractivity contribution in [2.75, 3.05) is 26.2 Å². The van der Waals surface area contributed by atoms with Gasteiger partial charge in [-0.1, -0.05) is 20.3 Å². The summed E-state index contributed by atoms with van der Waals surface area (Å²) in [5, 5.41) is 3.15. The van der Waals surface area contributed by atoms with Crippen LogP contribution in [-0.2, 0) is 4.79 Å². The van der Waals surface area contributed by atoms with Crippen LogP contribution in [0.5, 0.6) is 0 Å². The van der Waals surface area contributed by atoms with E-state index >= 15 is 0 Å². The molecule has 2 saturated carbocycles. The zero-order valence-electron chi connectivity index (χ0n) is 12.0. The molecule has 3 atom stereocenters. The summed E-state index contributed by atoms with van der Waals surface area (Å²) in [4.78, 5) is 14.5. The number of carbonyl (C=O) groups excluding carboxylic acids is 1. The van der Waals surface area contributed by atoms with Gasteiger partial charge in [0.1, 0.15) is 0 Å². The third-order valence-electron chi connectivity index (χ3n) is 4.92. The molecule has 1 amide bonds. The maximum Gasteiger partial charge on any atom is 0.223 e. The fourth-order valence-electron chi connectivity index (χ4n) is 3.75. The summed E-state index contributed by atoms with van der Waals surface area (Å²) in [6.07, 6.45) is 6.22. The number of nitrogens with one attached hydrogen (secondary N) is 1. The molecule has 1 N–H and O–H groups in total. The van der Waals surface area contributed by atoms with Gasteiger partial charge < -0.3 is 10.2 Å². The minimum atomic E-state index is 0.335. The van der Waals surface area contributed by atoms with Gasteiger partial charge in [-0.3, -0.25) is 4.79 Å². The molecular weight excluding hydrogens is 224 g/mol. The minimum Gasteiger partial charge on any atom is -0.356 e. The molecule has 0 aromatic rings. The Kier molecular flexibility index (Phi) is 5.04. The maximum atomic E-state index is 12.1. The molecule has 2 bridgehead atoms. The van der Waals surface area contributed by atoms with Crippen LogP contribution in [0.3, 0.4) is 0 Å². The van der Waals surface area contributed by atoms with E-state index in [9.17, 15) is 4.79 Å². The summed E-state index contributed by atoms with van der Waals surface area (Å²) < 4.78 is 0. The Balaban J connectivity index is 1.61. The SMILES string of the molecule is CCN(CC)CCCNC(=O)C1CC2CCC1C2. The summed E-state index contributed by atoms with van der Waals surface area (Å²) in [6, 6.07) is 0. The van der Waals surface area contributed by atoms with Gasteiger partial charge in [-0.25, -0.2) is 0 Å². The van der Waals surface area contributed by atoms with Crippen molar-refractivity contribution in [3.63, 3.8) is 0 Å². The number of hydrogen-bond donors (Lipinski definition) is 1. The second-order valence-electron chi connectivity index (χ2n) is 5.95. The Hall–Kier alpha value is -0.570. The van der Waals surface area contributed by atoms with E-state index in [0.717, 1.165) is 44.9 Å². The number of carbonyl (C=O) groups is 1. The summed E-state index contributed by atoms with van der Waals surface area (Å²) in [5.74, 6) is 2.25. The average molecular weight is 252 g/mol. The fourth-order valence-corrected chi connectivity index (χ4v) is 3.75. The predicted octanol–water partition coefficient (Wildman–Crippen LogP) is 2.27. The van der Waals surface area contributed by atoms with Crippen LogP contribution in [0.1, 0.15) is 46.0 Å². The molecule has 0 spiro atoms. The lowest BCUT2D eigenvalue weighted by molar-refractivity contribution is -0.126. The van der Waals surface area contributed by atoms with Gasteiger partial charge in [0.2, 0.25) is 5.91 Å². The molecule has 2 aliphatic carbocycles. The van der Waals surface area contributed by atoms with Crippen molar-refractivity contribution in [3.05, 3.63) is 0 Å². The second-order valence-corrected chi connectivity index (χ2v) is 5.95. The van der Waals surface area contributed by atoms with Gasteiger partial charge in [-0.15, -0.1) is 0 Å². The molecule has 3 nitrogen and oxygen atoms in total. The largest absolute Gasteiger partial charge is 0.356 e. The Bertz CT molecular complexity index is 276. The Morgan fingerprint density at radius 2 is 2.00 bits per heavy atom. The molecule has 2 fully saturated rings. The number of fused-ring (bicyclic) bond motifs is 2. The van der Waals surface area contributed by atoms with Crippen molar-refractivity contribution >= 4 is 5.91 Å². The minimum absolute atomic E-state index is 0.335. The van der Waals surface area contributed by atoms with E-state index in [0.29, 0.717) is 17.7 Å². The predicted molar refractivity (Wildman–Crippen MR) is 74.4 cm³/mol. The highest BCUT2D eigenvalue weighted by molar-refractivity contribution is 5.79. The lowest BCUT2D eigenvalue weighted by atomic mass is 9.88. The lowest BCUT2D eigenvalue weighted by Gasteiger charge is -2.21. The molecule has 0 heterocycles. The van der Waals surface area contributed by atoms with Crippen LogP contribution in [0.2, 0.25) is 0 Å². The topological polar surface area (TPSA) is 32.3 Å². The highest BCUT2D eigenvalue weighted by Gasteiger charge is 2.42. The molecule has 3 unspecified atom stereocenters. The van der Waals surface area contributed by atoms with E-state index in [1.54, 1.807) is 0 Å². The highest BCUT2D eigenvalue weighted by atomic mass is 16.1. The molecule has 2 aliphatic rings. The first-order valence-electron chi connectivity index (χ1n) is 7.74. The van der Waals surface area contributed by atoms with Crippen LogP contribution in [0.15, 0.2) is 0 Å². The number of nitrogens with zero attached hydrogens (tertiary/aromatic N) is 1. The van der Waals surface area contributed by atoms with Gasteiger partial charge in [0.25, 0.3) is 0 Å². The molecule has 0 aromatic carbocycles. The summed E-state index contributed by atoms with van der Waals surface area (Å²) in [7, 11) is 0. The zero-order valence-corrected chi connectivity index (χ0v) is 12.0. The van der Waals surface area contributed by atoms with Gasteiger partial charge in [0.05, 0.1) is 0 Å². The molecule has 0 aromatic heterocycles. The van der Waals surface area contributed by atoms with E-state index < -0.39 is 0 Å². The number of rotatable bonds is 7. The lowest BCUT2D eigenvalue weighted by Crippen LogP contribution is -2.35. The summed E-state index contributed by atoms with van der Waals surface area (Å²) in [6.45, 7) is 8.55. The van der Waals surface area contributed by atoms with Crippen molar-refractivity contribution in [2.24, 2.45) is 17.8 Å². The normalized spacial score (nSPS) is 30.1. The average Bonchev–Trinajstić information content (AvgIpc) is 3.01. The van der Waals surface area contributed by atoms with E-state index in [1.807, 2.05) is 0 Å². The third-order valence-corrected chi connectivity index (χ3v) is 4.92. The van der Waals surface area contributed by atoms with Crippen LogP contribution in [0, 0.1) is 17.8 Å². The van der Waals surface area contributed by atoms with Crippen molar-refractivity contribution < 1.29 is 4.79 Å². The van der Waals surface area contributed by atoms with Crippen LogP contribution in [0.4, 0.5) is 0 Å². The quantitative estimate of drug-likeness (QED) is 0.705. The van der Waals surface area contributed by atoms with Crippen molar-refractivity contribution in [1.82, 2.24) is 10.2 Å². The fraction of sp³-hybridized carbons (Fsp3) is 0.933. The molecule has 18 heavy (non-hydrogen) atoms. The Morgan fingerprint density at radius 1 is 1.22 bits per heavy atom. The van der Waals surface area contributed by atoms with Gasteiger partial charge in [0.15, 0.2) is 0 Å². The second kappa shape index (κ2) is 6.55. The number of amides is 1. The molecule has 3 heteroatoms. The van der Waals surface area contributed by atoms with Gasteiger partial charge in [-0.05, 0) is 57.2 Å². The Labute approximate surface area is 111 Å². The standard InChI is InChI=1S/C15H28N2O/c1-3-17(4-2)9-5-8-16-15(18)14-11-12-6-7-13(14)10-12/h12-14H,3-11H2,1-2H3,(H,16,18). The van der Waals surface area contributed by atoms with Crippen molar-refractivity contribution in [1.29, 1.82) is 0 Å². The first kappa shape index (κ1) is 13.9. The maximum absolute atomic E-state index is 12.1. The highest BCUT2D eigenvalue weighted by Crippen LogP contribution is 2.48. The molecular formula is C15H28N2O. The molecule has 104 valence electrons. The molecule has 0 radical (unpaired) electrons. The van der Waals surface area contributed by atoms with Gasteiger partial charge >= 0.3 is 0 Å². The van der Waals surface area contributed by atoms with Gasteiger partial charge in [-0.2, -0.15) is 0 Å². The van der Waals surface area contributed by atoms with E-state index in [4.69, 9.17) is 0 Å². The smallest absolute Gasteiger partial charge is 0.223 e. The first-order chi connectivity index (χ1) is 8.74. The number of hydrogen-bond acceptors (Lipinski definition) is 2. The molecule has 0 aliphatic heterocycles. The van der Waals surface area contributed by atoms with Gasteiger partial charge in [0, 0.05) is 12.5 Å². The van der Waals surface area contributed by atoms with Crippen molar-refractivity contribution in [3.8, 4) is 0 Å². The van der Waals surface area contributed by atoms with Crippen LogP contribution in [0.25, 0.3) is 0 Å². The van der Waals surface area contributed by atoms with E-state index in [1.165, 1.54) is 19.3 Å². The third kappa shape index (κ3) is 3.25. The summed E-state index contributed by atoms with van der Waals surface area (Å²) >= 11 is 0. The Morgan fingerprint density at radius 3 is 2.56 bits per heavy atom. The van der Waals surface area contributed by atoms with E-state index in [-0.39, 0.29) is 0 Å². The van der Waals surface area contributed by atoms with Crippen LogP contribution >= 0.6 is 0 Å². The monoisotopic (exact) mass is 252 g/mol. The summed E-state index contributed by atoms with van der Waals surface area (Å²) in [5.41, 5.74) is 0. The zero-order chi connectivity index (χ0) is 13.0.